The lowest BCUT2D eigenvalue weighted by Gasteiger charge is -2.46. The Labute approximate surface area is 175 Å². The van der Waals surface area contributed by atoms with E-state index < -0.39 is 0 Å². The molecule has 0 spiro atoms. The van der Waals surface area contributed by atoms with Crippen molar-refractivity contribution in [1.29, 1.82) is 0 Å². The van der Waals surface area contributed by atoms with Gasteiger partial charge in [-0.25, -0.2) is 0 Å². The third kappa shape index (κ3) is 5.56. The largest absolute Gasteiger partial charge is 0.381 e. The summed E-state index contributed by atoms with van der Waals surface area (Å²) in [5.41, 5.74) is 1.29. The molecule has 3 fully saturated rings. The number of hydrogen-bond donors (Lipinski definition) is 1. The van der Waals surface area contributed by atoms with E-state index in [0.29, 0.717) is 6.04 Å². The van der Waals surface area contributed by atoms with Crippen molar-refractivity contribution in [3.63, 3.8) is 0 Å². The quantitative estimate of drug-likeness (QED) is 0.845. The van der Waals surface area contributed by atoms with E-state index in [0.717, 1.165) is 71.6 Å². The number of aromatic nitrogens is 1. The van der Waals surface area contributed by atoms with Crippen molar-refractivity contribution in [3.8, 4) is 0 Å². The molecule has 1 aromatic heterocycles. The molecule has 160 valence electrons. The zero-order valence-corrected chi connectivity index (χ0v) is 17.6. The van der Waals surface area contributed by atoms with E-state index in [1.54, 1.807) is 0 Å². The number of piperidine rings is 1. The van der Waals surface area contributed by atoms with Gasteiger partial charge in [0, 0.05) is 57.3 Å². The molecule has 3 aliphatic rings. The van der Waals surface area contributed by atoms with Crippen LogP contribution < -0.4 is 5.32 Å². The summed E-state index contributed by atoms with van der Waals surface area (Å²) in [7, 11) is 0. The molecule has 6 heteroatoms. The summed E-state index contributed by atoms with van der Waals surface area (Å²) in [6.07, 6.45) is 11.7. The van der Waals surface area contributed by atoms with Gasteiger partial charge in [0.2, 0.25) is 5.91 Å². The van der Waals surface area contributed by atoms with Crippen molar-refractivity contribution in [2.45, 2.75) is 63.6 Å². The highest BCUT2D eigenvalue weighted by atomic mass is 16.5. The van der Waals surface area contributed by atoms with Crippen LogP contribution in [0.25, 0.3) is 0 Å². The van der Waals surface area contributed by atoms with E-state index >= 15 is 0 Å². The fraction of sp³-hybridized carbons (Fsp3) is 0.739. The van der Waals surface area contributed by atoms with Crippen LogP contribution in [-0.4, -0.2) is 72.2 Å². The lowest BCUT2D eigenvalue weighted by Crippen LogP contribution is -2.58. The van der Waals surface area contributed by atoms with Crippen molar-refractivity contribution in [1.82, 2.24) is 20.1 Å². The van der Waals surface area contributed by atoms with Gasteiger partial charge in [-0.05, 0) is 62.9 Å². The Morgan fingerprint density at radius 3 is 2.66 bits per heavy atom. The van der Waals surface area contributed by atoms with E-state index in [-0.39, 0.29) is 17.9 Å². The van der Waals surface area contributed by atoms with Gasteiger partial charge in [0.05, 0.1) is 5.92 Å². The first-order valence-electron chi connectivity index (χ1n) is 11.5. The Morgan fingerprint density at radius 2 is 1.83 bits per heavy atom. The smallest absolute Gasteiger partial charge is 0.224 e. The normalized spacial score (nSPS) is 28.9. The first kappa shape index (κ1) is 20.8. The molecule has 2 atom stereocenters. The Balaban J connectivity index is 1.54. The molecule has 4 heterocycles. The van der Waals surface area contributed by atoms with Gasteiger partial charge in [0.25, 0.3) is 0 Å². The van der Waals surface area contributed by atoms with Crippen LogP contribution in [0.3, 0.4) is 0 Å². The van der Waals surface area contributed by atoms with Crippen molar-refractivity contribution >= 4 is 5.91 Å². The monoisotopic (exact) mass is 400 g/mol. The van der Waals surface area contributed by atoms with Gasteiger partial charge in [0.15, 0.2) is 0 Å². The Bertz CT molecular complexity index is 635. The number of hydrogen-bond acceptors (Lipinski definition) is 5. The van der Waals surface area contributed by atoms with E-state index in [9.17, 15) is 4.79 Å². The molecule has 0 aliphatic carbocycles. The fourth-order valence-corrected chi connectivity index (χ4v) is 5.23. The van der Waals surface area contributed by atoms with Crippen molar-refractivity contribution in [2.75, 3.05) is 39.4 Å². The van der Waals surface area contributed by atoms with Crippen LogP contribution in [0, 0.1) is 5.92 Å². The van der Waals surface area contributed by atoms with Gasteiger partial charge in [-0.3, -0.25) is 19.6 Å². The van der Waals surface area contributed by atoms with E-state index in [1.807, 2.05) is 12.4 Å². The third-order valence-electron chi connectivity index (χ3n) is 6.93. The van der Waals surface area contributed by atoms with E-state index in [4.69, 9.17) is 4.74 Å². The number of amides is 1. The van der Waals surface area contributed by atoms with E-state index in [1.165, 1.54) is 24.8 Å². The molecule has 1 amide bonds. The molecule has 3 aliphatic heterocycles. The minimum atomic E-state index is 0.0889. The first-order valence-corrected chi connectivity index (χ1v) is 11.5. The molecule has 0 saturated carbocycles. The van der Waals surface area contributed by atoms with Gasteiger partial charge in [-0.15, -0.1) is 0 Å². The minimum Gasteiger partial charge on any atom is -0.381 e. The van der Waals surface area contributed by atoms with Gasteiger partial charge in [-0.1, -0.05) is 12.8 Å². The second-order valence-corrected chi connectivity index (χ2v) is 8.83. The maximum Gasteiger partial charge on any atom is 0.224 e. The molecule has 0 bridgehead atoms. The number of carbonyl (C=O) groups is 1. The summed E-state index contributed by atoms with van der Waals surface area (Å²) in [4.78, 5) is 22.5. The number of nitrogens with one attached hydrogen (secondary N) is 1. The van der Waals surface area contributed by atoms with Crippen molar-refractivity contribution in [3.05, 3.63) is 30.1 Å². The molecule has 6 nitrogen and oxygen atoms in total. The highest BCUT2D eigenvalue weighted by Gasteiger charge is 2.39. The number of carbonyl (C=O) groups excluding carboxylic acids is 1. The predicted molar refractivity (Wildman–Crippen MR) is 113 cm³/mol. The lowest BCUT2D eigenvalue weighted by atomic mass is 9.87. The number of nitrogens with zero attached hydrogens (tertiary/aromatic N) is 3. The number of ether oxygens (including phenoxy) is 1. The average molecular weight is 401 g/mol. The van der Waals surface area contributed by atoms with Crippen LogP contribution in [0.15, 0.2) is 24.5 Å². The zero-order chi connectivity index (χ0) is 19.9. The number of likely N-dealkylation sites (tertiary alicyclic amines) is 1. The Morgan fingerprint density at radius 1 is 1.03 bits per heavy atom. The van der Waals surface area contributed by atoms with Crippen LogP contribution in [0.4, 0.5) is 0 Å². The van der Waals surface area contributed by atoms with Gasteiger partial charge >= 0.3 is 0 Å². The molecular weight excluding hydrogens is 364 g/mol. The summed E-state index contributed by atoms with van der Waals surface area (Å²) < 4.78 is 5.59. The average Bonchev–Trinajstić information content (AvgIpc) is 2.81. The summed E-state index contributed by atoms with van der Waals surface area (Å²) in [6.45, 7) is 6.57. The van der Waals surface area contributed by atoms with Gasteiger partial charge < -0.3 is 10.1 Å². The Kier molecular flexibility index (Phi) is 7.52. The summed E-state index contributed by atoms with van der Waals surface area (Å²) in [5.74, 6) is 0.356. The number of rotatable bonds is 3. The fourth-order valence-electron chi connectivity index (χ4n) is 5.23. The van der Waals surface area contributed by atoms with E-state index in [2.05, 4.69) is 32.2 Å². The van der Waals surface area contributed by atoms with Crippen LogP contribution in [0.2, 0.25) is 0 Å². The standard InChI is InChI=1S/C23H36N4O2/c28-23-21-7-14-26(20-8-15-29-16-9-20)18-22(21)27(13-4-2-1-3-10-25-23)17-19-5-11-24-12-6-19/h5-6,11-12,20-22H,1-4,7-10,13-18H2,(H,25,28). The first-order chi connectivity index (χ1) is 14.3. The summed E-state index contributed by atoms with van der Waals surface area (Å²) in [6, 6.07) is 5.10. The van der Waals surface area contributed by atoms with Gasteiger partial charge in [-0.2, -0.15) is 0 Å². The second-order valence-electron chi connectivity index (χ2n) is 8.83. The SMILES string of the molecule is O=C1NCCCCCCN(Cc2ccncc2)C2CN(C3CCOCC3)CCC12. The predicted octanol–water partition coefficient (Wildman–Crippen LogP) is 2.44. The van der Waals surface area contributed by atoms with Crippen molar-refractivity contribution < 1.29 is 9.53 Å². The number of pyridine rings is 1. The van der Waals surface area contributed by atoms with Crippen LogP contribution in [-0.2, 0) is 16.1 Å². The van der Waals surface area contributed by atoms with Gasteiger partial charge in [0.1, 0.15) is 0 Å². The topological polar surface area (TPSA) is 57.7 Å². The molecular formula is C23H36N4O2. The second kappa shape index (κ2) is 10.5. The minimum absolute atomic E-state index is 0.0889. The maximum atomic E-state index is 13.1. The molecule has 3 saturated heterocycles. The van der Waals surface area contributed by atoms with Crippen LogP contribution in [0.1, 0.15) is 50.5 Å². The third-order valence-corrected chi connectivity index (χ3v) is 6.93. The maximum absolute atomic E-state index is 13.1. The molecule has 2 unspecified atom stereocenters. The van der Waals surface area contributed by atoms with Crippen LogP contribution in [0.5, 0.6) is 0 Å². The lowest BCUT2D eigenvalue weighted by molar-refractivity contribution is -0.130. The summed E-state index contributed by atoms with van der Waals surface area (Å²) in [5, 5.41) is 3.24. The highest BCUT2D eigenvalue weighted by Crippen LogP contribution is 2.29. The number of fused-ring (bicyclic) bond motifs is 1. The molecule has 0 radical (unpaired) electrons. The highest BCUT2D eigenvalue weighted by molar-refractivity contribution is 5.79. The molecule has 1 aromatic rings. The zero-order valence-electron chi connectivity index (χ0n) is 17.6. The molecule has 29 heavy (non-hydrogen) atoms. The molecule has 0 aromatic carbocycles. The van der Waals surface area contributed by atoms with Crippen molar-refractivity contribution in [2.24, 2.45) is 5.92 Å². The molecule has 4 rings (SSSR count). The summed E-state index contributed by atoms with van der Waals surface area (Å²) >= 11 is 0. The van der Waals surface area contributed by atoms with Crippen LogP contribution >= 0.6 is 0 Å². The Hall–Kier alpha value is -1.50. The molecule has 1 N–H and O–H groups in total.